The molecule has 7 nitrogen and oxygen atoms in total. The Kier molecular flexibility index (Phi) is 4.84. The summed E-state index contributed by atoms with van der Waals surface area (Å²) in [6, 6.07) is 0. The van der Waals surface area contributed by atoms with Crippen LogP contribution in [0.3, 0.4) is 0 Å². The van der Waals surface area contributed by atoms with Crippen molar-refractivity contribution >= 4 is 34.8 Å². The number of allylic oxidation sites excluding steroid dienone is 1. The number of nitrogen functional groups attached to an aromatic ring is 1. The maximum atomic E-state index is 10.1. The van der Waals surface area contributed by atoms with Crippen molar-refractivity contribution in [3.05, 3.63) is 18.2 Å². The van der Waals surface area contributed by atoms with Crippen molar-refractivity contribution in [2.24, 2.45) is 0 Å². The predicted molar refractivity (Wildman–Crippen MR) is 91.8 cm³/mol. The van der Waals surface area contributed by atoms with E-state index in [-0.39, 0.29) is 5.37 Å². The summed E-state index contributed by atoms with van der Waals surface area (Å²) >= 11 is 1.47. The first-order chi connectivity index (χ1) is 11.1. The standard InChI is InChI=1S/C15H21N5O2S/c1-2-3-4-5-6-10-18-13(16)11-14(19-10)20(8-17-11)15-12(22)9(21)7-23-15/h5-6,8-9,12,15,21-22H,2-4,7H2,1H3,(H2,16,18,19)/b6-5+/t9-,12-,15-/m1/s1. The summed E-state index contributed by atoms with van der Waals surface area (Å²) in [5.74, 6) is 1.34. The molecule has 3 rings (SSSR count). The normalized spacial score (nSPS) is 24.9. The lowest BCUT2D eigenvalue weighted by Crippen LogP contribution is -2.27. The smallest absolute Gasteiger partial charge is 0.167 e. The van der Waals surface area contributed by atoms with Gasteiger partial charge in [-0.3, -0.25) is 4.57 Å². The second-order valence-corrected chi connectivity index (χ2v) is 6.77. The summed E-state index contributed by atoms with van der Waals surface area (Å²) in [6.45, 7) is 2.14. The molecule has 23 heavy (non-hydrogen) atoms. The quantitative estimate of drug-likeness (QED) is 0.711. The molecule has 0 amide bonds. The molecule has 124 valence electrons. The zero-order chi connectivity index (χ0) is 16.4. The first-order valence-electron chi connectivity index (χ1n) is 7.76. The fraction of sp³-hybridized carbons (Fsp3) is 0.533. The van der Waals surface area contributed by atoms with E-state index in [4.69, 9.17) is 5.73 Å². The van der Waals surface area contributed by atoms with Crippen LogP contribution in [0, 0.1) is 0 Å². The maximum Gasteiger partial charge on any atom is 0.167 e. The van der Waals surface area contributed by atoms with Crippen LogP contribution < -0.4 is 5.73 Å². The molecular weight excluding hydrogens is 314 g/mol. The Morgan fingerprint density at radius 3 is 2.96 bits per heavy atom. The van der Waals surface area contributed by atoms with Gasteiger partial charge in [-0.1, -0.05) is 25.8 Å². The number of unbranched alkanes of at least 4 members (excludes halogenated alkanes) is 2. The van der Waals surface area contributed by atoms with Gasteiger partial charge in [0.15, 0.2) is 17.3 Å². The van der Waals surface area contributed by atoms with Gasteiger partial charge >= 0.3 is 0 Å². The first-order valence-corrected chi connectivity index (χ1v) is 8.81. The van der Waals surface area contributed by atoms with E-state index in [0.717, 1.165) is 19.3 Å². The summed E-state index contributed by atoms with van der Waals surface area (Å²) in [6.07, 6.45) is 7.13. The summed E-state index contributed by atoms with van der Waals surface area (Å²) < 4.78 is 1.77. The van der Waals surface area contributed by atoms with E-state index in [1.165, 1.54) is 11.8 Å². The summed E-state index contributed by atoms with van der Waals surface area (Å²) in [7, 11) is 0. The lowest BCUT2D eigenvalue weighted by atomic mass is 10.2. The second-order valence-electron chi connectivity index (χ2n) is 5.62. The van der Waals surface area contributed by atoms with Gasteiger partial charge in [0.1, 0.15) is 17.0 Å². The van der Waals surface area contributed by atoms with Crippen LogP contribution in [0.4, 0.5) is 5.82 Å². The number of thioether (sulfide) groups is 1. The van der Waals surface area contributed by atoms with E-state index in [2.05, 4.69) is 21.9 Å². The van der Waals surface area contributed by atoms with Crippen molar-refractivity contribution in [3.63, 3.8) is 0 Å². The van der Waals surface area contributed by atoms with Gasteiger partial charge in [-0.15, -0.1) is 11.8 Å². The van der Waals surface area contributed by atoms with Crippen LogP contribution in [0.15, 0.2) is 12.4 Å². The highest BCUT2D eigenvalue weighted by Crippen LogP contribution is 2.38. The number of nitrogens with two attached hydrogens (primary N) is 1. The molecule has 0 saturated carbocycles. The fourth-order valence-electron chi connectivity index (χ4n) is 2.56. The number of aromatic nitrogens is 4. The Morgan fingerprint density at radius 1 is 1.43 bits per heavy atom. The number of imidazole rings is 1. The van der Waals surface area contributed by atoms with Crippen LogP contribution in [0.25, 0.3) is 17.2 Å². The molecule has 0 spiro atoms. The number of rotatable bonds is 5. The lowest BCUT2D eigenvalue weighted by molar-refractivity contribution is 0.0313. The van der Waals surface area contributed by atoms with E-state index in [1.54, 1.807) is 10.9 Å². The van der Waals surface area contributed by atoms with Gasteiger partial charge in [-0.2, -0.15) is 0 Å². The SMILES string of the molecule is CCCC/C=C/c1nc(N)c2ncn([C@@H]3SC[C@@H](O)[C@H]3O)c2n1. The van der Waals surface area contributed by atoms with Gasteiger partial charge in [0.05, 0.1) is 12.4 Å². The highest BCUT2D eigenvalue weighted by molar-refractivity contribution is 7.99. The van der Waals surface area contributed by atoms with Crippen molar-refractivity contribution in [3.8, 4) is 0 Å². The number of aliphatic hydroxyl groups is 2. The second kappa shape index (κ2) is 6.86. The van der Waals surface area contributed by atoms with Gasteiger partial charge in [0, 0.05) is 5.75 Å². The zero-order valence-corrected chi connectivity index (χ0v) is 13.8. The van der Waals surface area contributed by atoms with E-state index in [0.29, 0.717) is 28.6 Å². The first kappa shape index (κ1) is 16.2. The van der Waals surface area contributed by atoms with Gasteiger partial charge < -0.3 is 15.9 Å². The predicted octanol–water partition coefficient (Wildman–Crippen LogP) is 1.58. The highest BCUT2D eigenvalue weighted by Gasteiger charge is 2.36. The number of fused-ring (bicyclic) bond motifs is 1. The fourth-order valence-corrected chi connectivity index (χ4v) is 3.84. The van der Waals surface area contributed by atoms with Gasteiger partial charge in [-0.25, -0.2) is 15.0 Å². The van der Waals surface area contributed by atoms with Crippen LogP contribution in [-0.2, 0) is 0 Å². The number of hydrogen-bond acceptors (Lipinski definition) is 7. The molecule has 0 radical (unpaired) electrons. The number of hydrogen-bond donors (Lipinski definition) is 3. The Hall–Kier alpha value is -1.64. The minimum atomic E-state index is -0.850. The number of aliphatic hydroxyl groups excluding tert-OH is 2. The Balaban J connectivity index is 1.94. The van der Waals surface area contributed by atoms with Crippen molar-refractivity contribution in [1.29, 1.82) is 0 Å². The van der Waals surface area contributed by atoms with E-state index < -0.39 is 12.2 Å². The van der Waals surface area contributed by atoms with E-state index >= 15 is 0 Å². The molecular formula is C15H21N5O2S. The molecule has 0 unspecified atom stereocenters. The Morgan fingerprint density at radius 2 is 2.26 bits per heavy atom. The minimum Gasteiger partial charge on any atom is -0.389 e. The largest absolute Gasteiger partial charge is 0.389 e. The molecule has 2 aromatic heterocycles. The van der Waals surface area contributed by atoms with Gasteiger partial charge in [0.25, 0.3) is 0 Å². The molecule has 3 heterocycles. The Labute approximate surface area is 138 Å². The molecule has 2 aromatic rings. The lowest BCUT2D eigenvalue weighted by Gasteiger charge is -2.17. The third-order valence-corrected chi connectivity index (χ3v) is 5.24. The molecule has 8 heteroatoms. The molecule has 1 aliphatic heterocycles. The summed E-state index contributed by atoms with van der Waals surface area (Å²) in [4.78, 5) is 13.0. The van der Waals surface area contributed by atoms with Crippen LogP contribution in [-0.4, -0.2) is 47.7 Å². The van der Waals surface area contributed by atoms with E-state index in [1.807, 2.05) is 12.2 Å². The minimum absolute atomic E-state index is 0.318. The topological polar surface area (TPSA) is 110 Å². The molecule has 0 aromatic carbocycles. The zero-order valence-electron chi connectivity index (χ0n) is 13.0. The molecule has 0 aliphatic carbocycles. The Bertz CT molecular complexity index is 717. The summed E-state index contributed by atoms with van der Waals surface area (Å²) in [5.41, 5.74) is 7.08. The summed E-state index contributed by atoms with van der Waals surface area (Å²) in [5, 5.41) is 19.5. The molecule has 1 aliphatic rings. The molecule has 3 atom stereocenters. The van der Waals surface area contributed by atoms with Gasteiger partial charge in [-0.05, 0) is 12.5 Å². The van der Waals surface area contributed by atoms with Crippen LogP contribution in [0.2, 0.25) is 0 Å². The maximum absolute atomic E-state index is 10.1. The van der Waals surface area contributed by atoms with Crippen LogP contribution >= 0.6 is 11.8 Å². The average molecular weight is 335 g/mol. The van der Waals surface area contributed by atoms with Crippen LogP contribution in [0.5, 0.6) is 0 Å². The van der Waals surface area contributed by atoms with Crippen molar-refractivity contribution in [2.75, 3.05) is 11.5 Å². The molecule has 4 N–H and O–H groups in total. The van der Waals surface area contributed by atoms with Crippen LogP contribution in [0.1, 0.15) is 37.4 Å². The molecule has 1 fully saturated rings. The van der Waals surface area contributed by atoms with Crippen molar-refractivity contribution in [2.45, 2.75) is 43.8 Å². The molecule has 0 bridgehead atoms. The van der Waals surface area contributed by atoms with Crippen molar-refractivity contribution in [1.82, 2.24) is 19.5 Å². The monoisotopic (exact) mass is 335 g/mol. The third kappa shape index (κ3) is 3.19. The number of anilines is 1. The van der Waals surface area contributed by atoms with E-state index in [9.17, 15) is 10.2 Å². The third-order valence-electron chi connectivity index (χ3n) is 3.86. The number of nitrogens with zero attached hydrogens (tertiary/aromatic N) is 4. The van der Waals surface area contributed by atoms with Gasteiger partial charge in [0.2, 0.25) is 0 Å². The van der Waals surface area contributed by atoms with Crippen molar-refractivity contribution < 1.29 is 10.2 Å². The average Bonchev–Trinajstić information content (AvgIpc) is 3.09. The highest BCUT2D eigenvalue weighted by atomic mass is 32.2. The molecule has 1 saturated heterocycles.